The zero-order chi connectivity index (χ0) is 20.8. The molecule has 1 aliphatic heterocycles. The van der Waals surface area contributed by atoms with Crippen molar-refractivity contribution in [2.45, 2.75) is 6.92 Å². The van der Waals surface area contributed by atoms with E-state index in [-0.39, 0.29) is 12.5 Å². The standard InChI is InChI=1S/C21H23BrN2O5/c1-3-29-21(26)15-4-6-18(24-8-10-28-11-9-24)17(13-15)23-20(25)14-5-7-19(27-2)16(22)12-14/h4-7,12-13H,3,8-11H2,1-2H3,(H,23,25). The molecule has 0 spiro atoms. The van der Waals surface area contributed by atoms with Gasteiger partial charge >= 0.3 is 5.97 Å². The molecular weight excluding hydrogens is 440 g/mol. The average Bonchev–Trinajstić information content (AvgIpc) is 2.74. The summed E-state index contributed by atoms with van der Waals surface area (Å²) in [6.07, 6.45) is 0. The molecule has 3 rings (SSSR count). The van der Waals surface area contributed by atoms with Crippen molar-refractivity contribution in [2.75, 3.05) is 50.2 Å². The highest BCUT2D eigenvalue weighted by atomic mass is 79.9. The number of amides is 1. The first-order valence-electron chi connectivity index (χ1n) is 9.32. The van der Waals surface area contributed by atoms with E-state index in [1.165, 1.54) is 0 Å². The Bertz CT molecular complexity index is 897. The number of hydrogen-bond donors (Lipinski definition) is 1. The van der Waals surface area contributed by atoms with Crippen molar-refractivity contribution in [3.8, 4) is 5.75 Å². The first kappa shape index (κ1) is 21.1. The molecule has 0 aliphatic carbocycles. The predicted octanol–water partition coefficient (Wildman–Crippen LogP) is 3.72. The third kappa shape index (κ3) is 5.07. The van der Waals surface area contributed by atoms with E-state index in [0.717, 1.165) is 5.69 Å². The highest BCUT2D eigenvalue weighted by Crippen LogP contribution is 2.30. The number of benzene rings is 2. The lowest BCUT2D eigenvalue weighted by atomic mass is 10.1. The van der Waals surface area contributed by atoms with Gasteiger partial charge in [-0.3, -0.25) is 4.79 Å². The molecule has 1 fully saturated rings. The van der Waals surface area contributed by atoms with Crippen molar-refractivity contribution in [3.63, 3.8) is 0 Å². The van der Waals surface area contributed by atoms with Crippen molar-refractivity contribution in [2.24, 2.45) is 0 Å². The van der Waals surface area contributed by atoms with E-state index in [0.29, 0.717) is 53.3 Å². The minimum atomic E-state index is -0.427. The van der Waals surface area contributed by atoms with Crippen molar-refractivity contribution < 1.29 is 23.8 Å². The summed E-state index contributed by atoms with van der Waals surface area (Å²) in [7, 11) is 1.56. The minimum absolute atomic E-state index is 0.283. The van der Waals surface area contributed by atoms with Crippen LogP contribution in [0.2, 0.25) is 0 Å². The van der Waals surface area contributed by atoms with E-state index in [1.54, 1.807) is 44.4 Å². The number of methoxy groups -OCH3 is 1. The summed E-state index contributed by atoms with van der Waals surface area (Å²) in [5, 5.41) is 2.94. The van der Waals surface area contributed by atoms with Gasteiger partial charge in [0.1, 0.15) is 5.75 Å². The normalized spacial score (nSPS) is 13.7. The van der Waals surface area contributed by atoms with Crippen LogP contribution < -0.4 is 15.0 Å². The molecule has 2 aromatic rings. The second kappa shape index (κ2) is 9.76. The van der Waals surface area contributed by atoms with Gasteiger partial charge in [-0.15, -0.1) is 0 Å². The molecule has 1 saturated heterocycles. The van der Waals surface area contributed by atoms with Crippen molar-refractivity contribution in [3.05, 3.63) is 52.0 Å². The Morgan fingerprint density at radius 2 is 1.86 bits per heavy atom. The molecule has 7 nitrogen and oxygen atoms in total. The Balaban J connectivity index is 1.91. The highest BCUT2D eigenvalue weighted by molar-refractivity contribution is 9.10. The fourth-order valence-electron chi connectivity index (χ4n) is 3.06. The fraction of sp³-hybridized carbons (Fsp3) is 0.333. The monoisotopic (exact) mass is 462 g/mol. The van der Waals surface area contributed by atoms with Crippen LogP contribution in [-0.2, 0) is 9.47 Å². The molecule has 1 heterocycles. The van der Waals surface area contributed by atoms with Crippen LogP contribution in [0.15, 0.2) is 40.9 Å². The van der Waals surface area contributed by atoms with Crippen LogP contribution in [0.25, 0.3) is 0 Å². The Hall–Kier alpha value is -2.58. The lowest BCUT2D eigenvalue weighted by molar-refractivity contribution is 0.0526. The van der Waals surface area contributed by atoms with Gasteiger partial charge in [-0.1, -0.05) is 0 Å². The number of anilines is 2. The highest BCUT2D eigenvalue weighted by Gasteiger charge is 2.19. The molecular formula is C21H23BrN2O5. The van der Waals surface area contributed by atoms with Gasteiger partial charge in [-0.2, -0.15) is 0 Å². The zero-order valence-corrected chi connectivity index (χ0v) is 18.0. The molecule has 2 aromatic carbocycles. The first-order valence-corrected chi connectivity index (χ1v) is 10.1. The van der Waals surface area contributed by atoms with E-state index in [9.17, 15) is 9.59 Å². The molecule has 0 aromatic heterocycles. The van der Waals surface area contributed by atoms with E-state index >= 15 is 0 Å². The number of carbonyl (C=O) groups excluding carboxylic acids is 2. The lowest BCUT2D eigenvalue weighted by Gasteiger charge is -2.30. The van der Waals surface area contributed by atoms with Crippen LogP contribution in [0.4, 0.5) is 11.4 Å². The van der Waals surface area contributed by atoms with Crippen LogP contribution in [-0.4, -0.2) is 51.9 Å². The molecule has 1 N–H and O–H groups in total. The number of morpholine rings is 1. The largest absolute Gasteiger partial charge is 0.496 e. The predicted molar refractivity (Wildman–Crippen MR) is 114 cm³/mol. The summed E-state index contributed by atoms with van der Waals surface area (Å²) in [4.78, 5) is 27.2. The molecule has 154 valence electrons. The van der Waals surface area contributed by atoms with Crippen molar-refractivity contribution in [1.82, 2.24) is 0 Å². The van der Waals surface area contributed by atoms with Gasteiger partial charge in [-0.05, 0) is 59.3 Å². The number of hydrogen-bond acceptors (Lipinski definition) is 6. The first-order chi connectivity index (χ1) is 14.0. The Morgan fingerprint density at radius 3 is 2.52 bits per heavy atom. The minimum Gasteiger partial charge on any atom is -0.496 e. The Kier molecular flexibility index (Phi) is 7.11. The average molecular weight is 463 g/mol. The van der Waals surface area contributed by atoms with Crippen LogP contribution in [0.1, 0.15) is 27.6 Å². The Labute approximate surface area is 178 Å². The molecule has 29 heavy (non-hydrogen) atoms. The number of carbonyl (C=O) groups is 2. The van der Waals surface area contributed by atoms with Gasteiger partial charge in [0.25, 0.3) is 5.91 Å². The summed E-state index contributed by atoms with van der Waals surface area (Å²) < 4.78 is 16.4. The number of esters is 1. The van der Waals surface area contributed by atoms with E-state index in [2.05, 4.69) is 26.1 Å². The lowest BCUT2D eigenvalue weighted by Crippen LogP contribution is -2.36. The quantitative estimate of drug-likeness (QED) is 0.659. The van der Waals surface area contributed by atoms with E-state index in [1.807, 2.05) is 6.07 Å². The molecule has 0 unspecified atom stereocenters. The maximum Gasteiger partial charge on any atom is 0.338 e. The van der Waals surface area contributed by atoms with Crippen molar-refractivity contribution in [1.29, 1.82) is 0 Å². The maximum absolute atomic E-state index is 12.9. The number of rotatable bonds is 6. The molecule has 0 bridgehead atoms. The molecule has 1 aliphatic rings. The fourth-order valence-corrected chi connectivity index (χ4v) is 3.60. The third-order valence-electron chi connectivity index (χ3n) is 4.52. The van der Waals surface area contributed by atoms with E-state index in [4.69, 9.17) is 14.2 Å². The van der Waals surface area contributed by atoms with Gasteiger partial charge in [0.2, 0.25) is 0 Å². The van der Waals surface area contributed by atoms with Gasteiger partial charge in [0.05, 0.1) is 48.3 Å². The summed E-state index contributed by atoms with van der Waals surface area (Å²) in [6.45, 7) is 4.66. The summed E-state index contributed by atoms with van der Waals surface area (Å²) in [6, 6.07) is 10.3. The Morgan fingerprint density at radius 1 is 1.14 bits per heavy atom. The number of ether oxygens (including phenoxy) is 3. The van der Waals surface area contributed by atoms with Crippen LogP contribution in [0.3, 0.4) is 0 Å². The van der Waals surface area contributed by atoms with Crippen molar-refractivity contribution >= 4 is 39.2 Å². The SMILES string of the molecule is CCOC(=O)c1ccc(N2CCOCC2)c(NC(=O)c2ccc(OC)c(Br)c2)c1. The number of nitrogens with zero attached hydrogens (tertiary/aromatic N) is 1. The molecule has 0 atom stereocenters. The van der Waals surface area contributed by atoms with Gasteiger partial charge < -0.3 is 24.4 Å². The van der Waals surface area contributed by atoms with Gasteiger partial charge in [-0.25, -0.2) is 4.79 Å². The van der Waals surface area contributed by atoms with Crippen LogP contribution >= 0.6 is 15.9 Å². The van der Waals surface area contributed by atoms with Gasteiger partial charge in [0.15, 0.2) is 0 Å². The second-order valence-corrected chi connectivity index (χ2v) is 7.21. The summed E-state index contributed by atoms with van der Waals surface area (Å²) in [5.41, 5.74) is 2.24. The smallest absolute Gasteiger partial charge is 0.338 e. The maximum atomic E-state index is 12.9. The zero-order valence-electron chi connectivity index (χ0n) is 16.4. The van der Waals surface area contributed by atoms with Gasteiger partial charge in [0, 0.05) is 18.7 Å². The number of halogens is 1. The topological polar surface area (TPSA) is 77.1 Å². The van der Waals surface area contributed by atoms with Crippen LogP contribution in [0, 0.1) is 0 Å². The molecule has 8 heteroatoms. The summed E-state index contributed by atoms with van der Waals surface area (Å²) in [5.74, 6) is -0.0764. The van der Waals surface area contributed by atoms with Crippen LogP contribution in [0.5, 0.6) is 5.75 Å². The third-order valence-corrected chi connectivity index (χ3v) is 5.14. The molecule has 0 saturated carbocycles. The van der Waals surface area contributed by atoms with E-state index < -0.39 is 5.97 Å². The summed E-state index contributed by atoms with van der Waals surface area (Å²) >= 11 is 3.40. The second-order valence-electron chi connectivity index (χ2n) is 6.36. The number of nitrogens with one attached hydrogen (secondary N) is 1. The molecule has 0 radical (unpaired) electrons. The molecule has 1 amide bonds.